The standard InChI is InChI=1S/C22H22N4O4/c1-29-17-8-6-14(7-9-17)20-19-18(23-13-24-19)10-11-26(20)22(28)25-16-5-3-4-15(12-16)21(27)30-2/h3-9,12-13,20H,10-11H2,1-2H3,(H,23,24)(H,25,28). The Bertz CT molecular complexity index is 1060. The highest BCUT2D eigenvalue weighted by molar-refractivity contribution is 5.94. The van der Waals surface area contributed by atoms with Gasteiger partial charge in [-0.3, -0.25) is 0 Å². The summed E-state index contributed by atoms with van der Waals surface area (Å²) in [4.78, 5) is 34.4. The molecule has 1 aliphatic heterocycles. The van der Waals surface area contributed by atoms with Gasteiger partial charge in [-0.15, -0.1) is 0 Å². The Hall–Kier alpha value is -3.81. The highest BCUT2D eigenvalue weighted by atomic mass is 16.5. The number of esters is 1. The van der Waals surface area contributed by atoms with Gasteiger partial charge in [0.25, 0.3) is 0 Å². The number of benzene rings is 2. The molecule has 8 nitrogen and oxygen atoms in total. The maximum atomic E-state index is 13.2. The minimum absolute atomic E-state index is 0.272. The number of hydrogen-bond acceptors (Lipinski definition) is 5. The second kappa shape index (κ2) is 8.28. The number of anilines is 1. The van der Waals surface area contributed by atoms with Crippen LogP contribution in [-0.2, 0) is 11.2 Å². The summed E-state index contributed by atoms with van der Waals surface area (Å²) in [5.74, 6) is 0.286. The normalized spacial score (nSPS) is 15.3. The molecule has 2 heterocycles. The van der Waals surface area contributed by atoms with Crippen LogP contribution in [0.15, 0.2) is 54.9 Å². The summed E-state index contributed by atoms with van der Waals surface area (Å²) >= 11 is 0. The number of carbonyl (C=O) groups is 2. The molecule has 0 spiro atoms. The van der Waals surface area contributed by atoms with E-state index in [0.717, 1.165) is 22.7 Å². The van der Waals surface area contributed by atoms with Crippen LogP contribution < -0.4 is 10.1 Å². The molecule has 0 aliphatic carbocycles. The number of imidazole rings is 1. The first kappa shape index (κ1) is 19.5. The molecule has 2 N–H and O–H groups in total. The van der Waals surface area contributed by atoms with Crippen molar-refractivity contribution in [3.8, 4) is 5.75 Å². The molecule has 0 saturated heterocycles. The number of nitrogens with zero attached hydrogens (tertiary/aromatic N) is 2. The zero-order chi connectivity index (χ0) is 21.1. The Morgan fingerprint density at radius 2 is 1.97 bits per heavy atom. The Morgan fingerprint density at radius 1 is 1.17 bits per heavy atom. The molecular weight excluding hydrogens is 384 g/mol. The number of urea groups is 1. The van der Waals surface area contributed by atoms with Crippen molar-refractivity contribution in [2.24, 2.45) is 0 Å². The minimum Gasteiger partial charge on any atom is -0.497 e. The van der Waals surface area contributed by atoms with E-state index in [1.807, 2.05) is 24.3 Å². The van der Waals surface area contributed by atoms with Crippen LogP contribution in [0.3, 0.4) is 0 Å². The zero-order valence-corrected chi connectivity index (χ0v) is 16.7. The minimum atomic E-state index is -0.457. The van der Waals surface area contributed by atoms with Crippen molar-refractivity contribution in [3.63, 3.8) is 0 Å². The molecule has 0 bridgehead atoms. The Balaban J connectivity index is 1.63. The first-order valence-corrected chi connectivity index (χ1v) is 9.53. The van der Waals surface area contributed by atoms with Crippen LogP contribution >= 0.6 is 0 Å². The number of H-pyrrole nitrogens is 1. The highest BCUT2D eigenvalue weighted by Crippen LogP contribution is 2.34. The molecule has 2 aromatic carbocycles. The first-order chi connectivity index (χ1) is 14.6. The largest absolute Gasteiger partial charge is 0.497 e. The van der Waals surface area contributed by atoms with Crippen molar-refractivity contribution in [1.82, 2.24) is 14.9 Å². The van der Waals surface area contributed by atoms with Gasteiger partial charge in [-0.1, -0.05) is 18.2 Å². The lowest BCUT2D eigenvalue weighted by atomic mass is 9.96. The Morgan fingerprint density at radius 3 is 2.70 bits per heavy atom. The molecule has 0 fully saturated rings. The van der Waals surface area contributed by atoms with Crippen LogP contribution in [0.2, 0.25) is 0 Å². The third kappa shape index (κ3) is 3.71. The molecule has 1 atom stereocenters. The smallest absolute Gasteiger partial charge is 0.337 e. The Labute approximate surface area is 173 Å². The molecule has 1 aromatic heterocycles. The molecule has 1 unspecified atom stereocenters. The van der Waals surface area contributed by atoms with Gasteiger partial charge in [0.1, 0.15) is 11.8 Å². The number of aromatic nitrogens is 2. The van der Waals surface area contributed by atoms with Gasteiger partial charge in [-0.2, -0.15) is 0 Å². The van der Waals surface area contributed by atoms with E-state index in [-0.39, 0.29) is 12.1 Å². The highest BCUT2D eigenvalue weighted by Gasteiger charge is 2.34. The number of rotatable bonds is 4. The van der Waals surface area contributed by atoms with Gasteiger partial charge in [-0.05, 0) is 35.9 Å². The number of carbonyl (C=O) groups excluding carboxylic acids is 2. The van der Waals surface area contributed by atoms with Crippen molar-refractivity contribution in [2.45, 2.75) is 12.5 Å². The second-order valence-corrected chi connectivity index (χ2v) is 6.89. The summed E-state index contributed by atoms with van der Waals surface area (Å²) in [6.45, 7) is 0.522. The van der Waals surface area contributed by atoms with Gasteiger partial charge in [0.2, 0.25) is 0 Å². The second-order valence-electron chi connectivity index (χ2n) is 6.89. The summed E-state index contributed by atoms with van der Waals surface area (Å²) in [6.07, 6.45) is 2.33. The van der Waals surface area contributed by atoms with Crippen LogP contribution in [0.4, 0.5) is 10.5 Å². The third-order valence-electron chi connectivity index (χ3n) is 5.15. The number of fused-ring (bicyclic) bond motifs is 1. The molecule has 3 aromatic rings. The molecule has 8 heteroatoms. The molecule has 0 saturated carbocycles. The lowest BCUT2D eigenvalue weighted by Gasteiger charge is -2.35. The van der Waals surface area contributed by atoms with Gasteiger partial charge in [0.05, 0.1) is 31.8 Å². The van der Waals surface area contributed by atoms with Gasteiger partial charge >= 0.3 is 12.0 Å². The van der Waals surface area contributed by atoms with Crippen molar-refractivity contribution in [2.75, 3.05) is 26.1 Å². The van der Waals surface area contributed by atoms with E-state index in [1.54, 1.807) is 42.6 Å². The predicted molar refractivity (Wildman–Crippen MR) is 111 cm³/mol. The van der Waals surface area contributed by atoms with E-state index >= 15 is 0 Å². The maximum Gasteiger partial charge on any atom is 0.337 e. The molecular formula is C22H22N4O4. The van der Waals surface area contributed by atoms with Gasteiger partial charge in [0.15, 0.2) is 0 Å². The van der Waals surface area contributed by atoms with Gasteiger partial charge in [-0.25, -0.2) is 14.6 Å². The number of aromatic amines is 1. The van der Waals surface area contributed by atoms with Crippen molar-refractivity contribution >= 4 is 17.7 Å². The van der Waals surface area contributed by atoms with E-state index in [1.165, 1.54) is 7.11 Å². The van der Waals surface area contributed by atoms with Crippen LogP contribution in [0.5, 0.6) is 5.75 Å². The lowest BCUT2D eigenvalue weighted by Crippen LogP contribution is -2.43. The van der Waals surface area contributed by atoms with Crippen molar-refractivity contribution < 1.29 is 19.1 Å². The van der Waals surface area contributed by atoms with Crippen LogP contribution in [0, 0.1) is 0 Å². The molecule has 0 radical (unpaired) electrons. The van der Waals surface area contributed by atoms with E-state index in [4.69, 9.17) is 9.47 Å². The number of methoxy groups -OCH3 is 2. The zero-order valence-electron chi connectivity index (χ0n) is 16.7. The summed E-state index contributed by atoms with van der Waals surface area (Å²) < 4.78 is 10.0. The van der Waals surface area contributed by atoms with E-state index in [2.05, 4.69) is 15.3 Å². The molecule has 2 amide bonds. The van der Waals surface area contributed by atoms with Crippen LogP contribution in [0.25, 0.3) is 0 Å². The molecule has 30 heavy (non-hydrogen) atoms. The Kier molecular flexibility index (Phi) is 5.38. The summed E-state index contributed by atoms with van der Waals surface area (Å²) in [5.41, 5.74) is 3.67. The fraction of sp³-hybridized carbons (Fsp3) is 0.227. The number of amides is 2. The average molecular weight is 406 g/mol. The summed E-state index contributed by atoms with van der Waals surface area (Å²) in [7, 11) is 2.94. The molecule has 154 valence electrons. The van der Waals surface area contributed by atoms with Crippen LogP contribution in [0.1, 0.15) is 33.4 Å². The number of nitrogens with one attached hydrogen (secondary N) is 2. The van der Waals surface area contributed by atoms with E-state index < -0.39 is 5.97 Å². The fourth-order valence-electron chi connectivity index (χ4n) is 3.66. The fourth-order valence-corrected chi connectivity index (χ4v) is 3.66. The topological polar surface area (TPSA) is 96.6 Å². The maximum absolute atomic E-state index is 13.2. The number of hydrogen-bond donors (Lipinski definition) is 2. The van der Waals surface area contributed by atoms with Crippen molar-refractivity contribution in [3.05, 3.63) is 77.4 Å². The van der Waals surface area contributed by atoms with Crippen molar-refractivity contribution in [1.29, 1.82) is 0 Å². The van der Waals surface area contributed by atoms with Gasteiger partial charge in [0, 0.05) is 24.3 Å². The van der Waals surface area contributed by atoms with E-state index in [9.17, 15) is 9.59 Å². The lowest BCUT2D eigenvalue weighted by molar-refractivity contribution is 0.0600. The quantitative estimate of drug-likeness (QED) is 0.648. The van der Waals surface area contributed by atoms with E-state index in [0.29, 0.717) is 24.2 Å². The van der Waals surface area contributed by atoms with Crippen LogP contribution in [-0.4, -0.2) is 47.6 Å². The SMILES string of the molecule is COC(=O)c1cccc(NC(=O)N2CCc3[nH]cnc3C2c2ccc(OC)cc2)c1. The summed E-state index contributed by atoms with van der Waals surface area (Å²) in [6, 6.07) is 13.7. The van der Waals surface area contributed by atoms with Gasteiger partial charge < -0.3 is 24.7 Å². The molecule has 1 aliphatic rings. The average Bonchev–Trinajstić information content (AvgIpc) is 3.27. The number of ether oxygens (including phenoxy) is 2. The monoisotopic (exact) mass is 406 g/mol. The third-order valence-corrected chi connectivity index (χ3v) is 5.15. The summed E-state index contributed by atoms with van der Waals surface area (Å²) in [5, 5.41) is 2.89. The predicted octanol–water partition coefficient (Wildman–Crippen LogP) is 3.38. The molecule has 4 rings (SSSR count). The first-order valence-electron chi connectivity index (χ1n) is 9.53.